The molecule has 0 amide bonds. The van der Waals surface area contributed by atoms with Gasteiger partial charge in [0.1, 0.15) is 11.6 Å². The molecule has 0 aliphatic heterocycles. The van der Waals surface area contributed by atoms with Crippen molar-refractivity contribution in [3.05, 3.63) is 140 Å². The quantitative estimate of drug-likeness (QED) is 0.208. The summed E-state index contributed by atoms with van der Waals surface area (Å²) >= 11 is 0. The van der Waals surface area contributed by atoms with E-state index in [1.165, 1.54) is 21.9 Å². The molecule has 0 N–H and O–H groups in total. The molecule has 3 aromatic heterocycles. The first-order valence-electron chi connectivity index (χ1n) is 15.2. The van der Waals surface area contributed by atoms with Gasteiger partial charge in [0, 0.05) is 41.7 Å². The predicted molar refractivity (Wildman–Crippen MR) is 186 cm³/mol. The van der Waals surface area contributed by atoms with Gasteiger partial charge in [-0.2, -0.15) is 0 Å². The Morgan fingerprint density at radius 2 is 1.00 bits per heavy atom. The molecule has 0 aliphatic carbocycles. The molecule has 214 valence electrons. The molecule has 9 rings (SSSR count). The Balaban J connectivity index is 1.30. The van der Waals surface area contributed by atoms with Crippen molar-refractivity contribution in [1.29, 1.82) is 0 Å². The summed E-state index contributed by atoms with van der Waals surface area (Å²) in [6.45, 7) is 0. The third kappa shape index (κ3) is 3.94. The standard InChI is InChI=1S/C40H29N5/c1-43-36-17-8-6-15-33(36)41-39(43)28-13-10-14-30(23-28)45-35-22-20-27(26-11-4-3-5-12-26)24-32(35)31-21-19-29(25-38(31)45)40-42-34-16-7-9-18-37(34)44(40)2/h3-25H,1-2H3. The Kier molecular flexibility index (Phi) is 5.56. The van der Waals surface area contributed by atoms with Crippen LogP contribution in [-0.2, 0) is 14.1 Å². The largest absolute Gasteiger partial charge is 0.327 e. The van der Waals surface area contributed by atoms with E-state index in [9.17, 15) is 0 Å². The second kappa shape index (κ2) is 9.79. The van der Waals surface area contributed by atoms with Crippen LogP contribution in [0.3, 0.4) is 0 Å². The molecule has 0 bridgehead atoms. The molecule has 0 fully saturated rings. The molecule has 0 aliphatic rings. The number of aromatic nitrogens is 5. The molecule has 0 saturated carbocycles. The summed E-state index contributed by atoms with van der Waals surface area (Å²) in [5.74, 6) is 1.90. The lowest BCUT2D eigenvalue weighted by atomic mass is 10.0. The fourth-order valence-corrected chi connectivity index (χ4v) is 6.84. The van der Waals surface area contributed by atoms with Gasteiger partial charge in [-0.05, 0) is 65.7 Å². The lowest BCUT2D eigenvalue weighted by Crippen LogP contribution is -1.97. The van der Waals surface area contributed by atoms with Crippen molar-refractivity contribution in [3.8, 4) is 39.6 Å². The fraction of sp³-hybridized carbons (Fsp3) is 0.0500. The zero-order chi connectivity index (χ0) is 30.1. The van der Waals surface area contributed by atoms with E-state index in [0.29, 0.717) is 0 Å². The zero-order valence-corrected chi connectivity index (χ0v) is 25.0. The monoisotopic (exact) mass is 579 g/mol. The number of imidazole rings is 2. The molecule has 5 nitrogen and oxygen atoms in total. The second-order valence-electron chi connectivity index (χ2n) is 11.7. The summed E-state index contributed by atoms with van der Waals surface area (Å²) in [4.78, 5) is 10.0. The number of hydrogen-bond donors (Lipinski definition) is 0. The molecule has 9 aromatic rings. The molecule has 3 heterocycles. The van der Waals surface area contributed by atoms with Crippen LogP contribution >= 0.6 is 0 Å². The van der Waals surface area contributed by atoms with E-state index in [2.05, 4.69) is 155 Å². The van der Waals surface area contributed by atoms with Crippen LogP contribution in [-0.4, -0.2) is 23.7 Å². The van der Waals surface area contributed by atoms with Crippen molar-refractivity contribution in [3.63, 3.8) is 0 Å². The summed E-state index contributed by atoms with van der Waals surface area (Å²) in [6.07, 6.45) is 0. The first-order chi connectivity index (χ1) is 22.1. The van der Waals surface area contributed by atoms with Crippen molar-refractivity contribution < 1.29 is 0 Å². The molecule has 0 spiro atoms. The van der Waals surface area contributed by atoms with E-state index in [1.807, 2.05) is 12.1 Å². The van der Waals surface area contributed by atoms with Gasteiger partial charge in [-0.3, -0.25) is 0 Å². The van der Waals surface area contributed by atoms with Crippen molar-refractivity contribution in [2.75, 3.05) is 0 Å². The summed E-state index contributed by atoms with van der Waals surface area (Å²) in [5, 5.41) is 2.43. The summed E-state index contributed by atoms with van der Waals surface area (Å²) in [5.41, 5.74) is 12.2. The summed E-state index contributed by atoms with van der Waals surface area (Å²) in [7, 11) is 4.18. The number of fused-ring (bicyclic) bond motifs is 5. The Hall–Kier alpha value is -5.94. The van der Waals surface area contributed by atoms with Crippen LogP contribution in [0, 0.1) is 0 Å². The molecule has 5 heteroatoms. The molecule has 0 atom stereocenters. The maximum absolute atomic E-state index is 5.03. The average molecular weight is 580 g/mol. The molecular formula is C40H29N5. The van der Waals surface area contributed by atoms with E-state index in [1.54, 1.807) is 0 Å². The van der Waals surface area contributed by atoms with Gasteiger partial charge < -0.3 is 13.7 Å². The third-order valence-electron chi connectivity index (χ3n) is 9.07. The van der Waals surface area contributed by atoms with Crippen LogP contribution < -0.4 is 0 Å². The van der Waals surface area contributed by atoms with E-state index in [-0.39, 0.29) is 0 Å². The van der Waals surface area contributed by atoms with Gasteiger partial charge >= 0.3 is 0 Å². The first kappa shape index (κ1) is 25.5. The van der Waals surface area contributed by atoms with Gasteiger partial charge in [0.25, 0.3) is 0 Å². The van der Waals surface area contributed by atoms with E-state index in [0.717, 1.165) is 61.6 Å². The Bertz CT molecular complexity index is 2560. The average Bonchev–Trinajstić information content (AvgIpc) is 3.73. The van der Waals surface area contributed by atoms with Crippen molar-refractivity contribution in [2.45, 2.75) is 0 Å². The molecular weight excluding hydrogens is 550 g/mol. The highest BCUT2D eigenvalue weighted by Gasteiger charge is 2.18. The predicted octanol–water partition coefficient (Wildman–Crippen LogP) is 9.56. The van der Waals surface area contributed by atoms with E-state index < -0.39 is 0 Å². The fourth-order valence-electron chi connectivity index (χ4n) is 6.84. The number of hydrogen-bond acceptors (Lipinski definition) is 2. The van der Waals surface area contributed by atoms with Gasteiger partial charge in [-0.25, -0.2) is 9.97 Å². The van der Waals surface area contributed by atoms with Crippen LogP contribution in [0.25, 0.3) is 83.5 Å². The van der Waals surface area contributed by atoms with Crippen molar-refractivity contribution in [1.82, 2.24) is 23.7 Å². The second-order valence-corrected chi connectivity index (χ2v) is 11.7. The smallest absolute Gasteiger partial charge is 0.140 e. The minimum atomic E-state index is 0.950. The number of rotatable bonds is 4. The van der Waals surface area contributed by atoms with E-state index in [4.69, 9.17) is 9.97 Å². The maximum Gasteiger partial charge on any atom is 0.140 e. The van der Waals surface area contributed by atoms with Gasteiger partial charge in [-0.1, -0.05) is 84.9 Å². The third-order valence-corrected chi connectivity index (χ3v) is 9.07. The number of benzene rings is 6. The van der Waals surface area contributed by atoms with Crippen LogP contribution in [0.5, 0.6) is 0 Å². The topological polar surface area (TPSA) is 40.6 Å². The van der Waals surface area contributed by atoms with E-state index >= 15 is 0 Å². The van der Waals surface area contributed by atoms with Gasteiger partial charge in [-0.15, -0.1) is 0 Å². The molecule has 0 saturated heterocycles. The maximum atomic E-state index is 5.03. The summed E-state index contributed by atoms with van der Waals surface area (Å²) in [6, 6.07) is 49.5. The Labute approximate surface area is 260 Å². The van der Waals surface area contributed by atoms with Crippen LogP contribution in [0.2, 0.25) is 0 Å². The Morgan fingerprint density at radius 1 is 0.400 bits per heavy atom. The first-order valence-corrected chi connectivity index (χ1v) is 15.2. The number of aryl methyl sites for hydroxylation is 2. The highest BCUT2D eigenvalue weighted by atomic mass is 15.1. The number of nitrogens with zero attached hydrogens (tertiary/aromatic N) is 5. The summed E-state index contributed by atoms with van der Waals surface area (Å²) < 4.78 is 6.75. The SMILES string of the molecule is Cn1c(-c2cccc(-n3c4ccc(-c5ccccc5)cc4c4ccc(-c5nc6ccccc6n5C)cc43)c2)nc2ccccc21. The lowest BCUT2D eigenvalue weighted by molar-refractivity contribution is 0.958. The van der Waals surface area contributed by atoms with Crippen LogP contribution in [0.1, 0.15) is 0 Å². The van der Waals surface area contributed by atoms with Crippen molar-refractivity contribution >= 4 is 43.9 Å². The van der Waals surface area contributed by atoms with Gasteiger partial charge in [0.15, 0.2) is 0 Å². The lowest BCUT2D eigenvalue weighted by Gasteiger charge is -2.11. The number of para-hydroxylation sites is 4. The van der Waals surface area contributed by atoms with Gasteiger partial charge in [0.2, 0.25) is 0 Å². The molecule has 0 radical (unpaired) electrons. The zero-order valence-electron chi connectivity index (χ0n) is 25.0. The van der Waals surface area contributed by atoms with Gasteiger partial charge in [0.05, 0.1) is 33.1 Å². The molecule has 0 unspecified atom stereocenters. The molecule has 45 heavy (non-hydrogen) atoms. The highest BCUT2D eigenvalue weighted by molar-refractivity contribution is 6.11. The highest BCUT2D eigenvalue weighted by Crippen LogP contribution is 2.38. The Morgan fingerprint density at radius 3 is 1.69 bits per heavy atom. The van der Waals surface area contributed by atoms with Crippen LogP contribution in [0.15, 0.2) is 140 Å². The minimum Gasteiger partial charge on any atom is -0.327 e. The van der Waals surface area contributed by atoms with Crippen molar-refractivity contribution in [2.24, 2.45) is 14.1 Å². The minimum absolute atomic E-state index is 0.950. The normalized spacial score (nSPS) is 11.8. The molecule has 6 aromatic carbocycles. The van der Waals surface area contributed by atoms with Crippen LogP contribution in [0.4, 0.5) is 0 Å².